The number of hydrogen-bond donors (Lipinski definition) is 0. The largest absolute Gasteiger partial charge is 3.00 e. The molecule has 0 rings (SSSR count). The van der Waals surface area contributed by atoms with Crippen molar-refractivity contribution < 1.29 is 22.5 Å². The van der Waals surface area contributed by atoms with Gasteiger partial charge in [0.2, 0.25) is 0 Å². The number of hydrogen-bond acceptors (Lipinski definition) is 0. The van der Waals surface area contributed by atoms with Crippen molar-refractivity contribution in [2.75, 3.05) is 0 Å². The minimum atomic E-state index is 0. The van der Waals surface area contributed by atoms with Crippen LogP contribution in [0.15, 0.2) is 0 Å². The van der Waals surface area contributed by atoms with Gasteiger partial charge in [0.1, 0.15) is 0 Å². The van der Waals surface area contributed by atoms with Crippen molar-refractivity contribution in [3.05, 3.63) is 0 Å². The van der Waals surface area contributed by atoms with E-state index in [1.165, 1.54) is 0 Å². The van der Waals surface area contributed by atoms with Gasteiger partial charge in [-0.2, -0.15) is 0 Å². The smallest absolute Gasteiger partial charge is 2.00 e. The minimum Gasteiger partial charge on any atom is -2.00 e. The van der Waals surface area contributed by atoms with E-state index in [4.69, 9.17) is 0 Å². The zero-order valence-corrected chi connectivity index (χ0v) is 6.61. The second-order valence-corrected chi connectivity index (χ2v) is 0. The molecule has 13 valence electrons. The molecule has 0 bridgehead atoms. The van der Waals surface area contributed by atoms with Crippen LogP contribution in [0.5, 0.6) is 0 Å². The average molecular weight is 138 g/mol. The second kappa shape index (κ2) is 18.6. The van der Waals surface area contributed by atoms with Crippen LogP contribution in [0.3, 0.4) is 0 Å². The van der Waals surface area contributed by atoms with Crippen molar-refractivity contribution in [1.82, 2.24) is 0 Å². The summed E-state index contributed by atoms with van der Waals surface area (Å²) < 4.78 is 0. The maximum Gasteiger partial charge on any atom is 3.00 e. The molecule has 1 radical (unpaired) electrons. The molecule has 0 aliphatic rings. The summed E-state index contributed by atoms with van der Waals surface area (Å²) in [5.74, 6) is 0. The maximum absolute atomic E-state index is 0. The molecule has 0 saturated heterocycles. The van der Waals surface area contributed by atoms with Gasteiger partial charge in [-0.15, -0.1) is 0 Å². The number of rotatable bonds is 0. The molecule has 0 amide bonds. The molecule has 0 N–H and O–H groups in total. The maximum atomic E-state index is 0. The third-order valence-corrected chi connectivity index (χ3v) is 0. The molecule has 1 nitrogen and oxygen atoms in total. The normalized spacial score (nSPS) is 0. The van der Waals surface area contributed by atoms with Gasteiger partial charge in [0.15, 0.2) is 0 Å². The summed E-state index contributed by atoms with van der Waals surface area (Å²) in [7, 11) is 0. The van der Waals surface area contributed by atoms with Crippen LogP contribution in [-0.4, -0.2) is 55.1 Å². The molecular formula is AlCaMnO+5. The molecule has 0 aromatic rings. The zero-order chi connectivity index (χ0) is 0. The Morgan fingerprint density at radius 3 is 1.00 bits per heavy atom. The molecule has 0 heterocycles. The van der Waals surface area contributed by atoms with Crippen LogP contribution in [-0.2, 0) is 22.5 Å². The first kappa shape index (κ1) is 33.8. The third kappa shape index (κ3) is 8.86. The van der Waals surface area contributed by atoms with Crippen molar-refractivity contribution in [2.24, 2.45) is 0 Å². The molecule has 0 aromatic heterocycles. The molecule has 0 unspecified atom stereocenters. The van der Waals surface area contributed by atoms with E-state index in [-0.39, 0.29) is 77.6 Å². The summed E-state index contributed by atoms with van der Waals surface area (Å²) in [4.78, 5) is 0. The van der Waals surface area contributed by atoms with E-state index < -0.39 is 0 Å². The molecule has 4 heteroatoms. The van der Waals surface area contributed by atoms with E-state index in [2.05, 4.69) is 0 Å². The predicted octanol–water partition coefficient (Wildman–Crippen LogP) is -0.883. The third-order valence-electron chi connectivity index (χ3n) is 0. The summed E-state index contributed by atoms with van der Waals surface area (Å²) >= 11 is 0. The van der Waals surface area contributed by atoms with E-state index in [1.807, 2.05) is 0 Å². The van der Waals surface area contributed by atoms with Gasteiger partial charge in [-0.3, -0.25) is 0 Å². The molecule has 0 aromatic carbocycles. The van der Waals surface area contributed by atoms with Gasteiger partial charge < -0.3 is 5.48 Å². The molecule has 0 fully saturated rings. The van der Waals surface area contributed by atoms with Crippen LogP contribution in [0, 0.1) is 0 Å². The first-order valence-electron chi connectivity index (χ1n) is 0. The second-order valence-electron chi connectivity index (χ2n) is 0. The Morgan fingerprint density at radius 1 is 1.00 bits per heavy atom. The molecule has 0 aliphatic heterocycles. The van der Waals surface area contributed by atoms with Crippen molar-refractivity contribution in [3.8, 4) is 0 Å². The van der Waals surface area contributed by atoms with Crippen LogP contribution in [0.2, 0.25) is 0 Å². The molecule has 0 atom stereocenters. The SMILES string of the molecule is [Al+3].[Ca+2].[Mn+2].[O-2]. The fraction of sp³-hybridized carbons (Fsp3) is 0. The van der Waals surface area contributed by atoms with Crippen LogP contribution in [0.25, 0.3) is 0 Å². The van der Waals surface area contributed by atoms with E-state index in [9.17, 15) is 0 Å². The van der Waals surface area contributed by atoms with Gasteiger partial charge in [0, 0.05) is 0 Å². The van der Waals surface area contributed by atoms with Crippen molar-refractivity contribution in [1.29, 1.82) is 0 Å². The average Bonchev–Trinajstić information content (AvgIpc) is 0. The Kier molecular flexibility index (Phi) is 157. The van der Waals surface area contributed by atoms with Gasteiger partial charge in [-0.05, 0) is 0 Å². The van der Waals surface area contributed by atoms with E-state index >= 15 is 0 Å². The minimum absolute atomic E-state index is 0. The van der Waals surface area contributed by atoms with Gasteiger partial charge in [-0.1, -0.05) is 0 Å². The fourth-order valence-electron chi connectivity index (χ4n) is 0. The quantitative estimate of drug-likeness (QED) is 0.389. The molecule has 0 spiro atoms. The monoisotopic (exact) mass is 138 g/mol. The zero-order valence-electron chi connectivity index (χ0n) is 2.07. The summed E-state index contributed by atoms with van der Waals surface area (Å²) in [6.07, 6.45) is 0. The standard InChI is InChI=1S/Al.Ca.Mn.O/q+3;2*+2;-2. The van der Waals surface area contributed by atoms with Crippen LogP contribution < -0.4 is 0 Å². The summed E-state index contributed by atoms with van der Waals surface area (Å²) in [6.45, 7) is 0. The van der Waals surface area contributed by atoms with E-state index in [0.29, 0.717) is 0 Å². The van der Waals surface area contributed by atoms with Gasteiger partial charge in [0.25, 0.3) is 0 Å². The van der Waals surface area contributed by atoms with Gasteiger partial charge in [-0.25, -0.2) is 0 Å². The molecule has 0 saturated carbocycles. The first-order valence-corrected chi connectivity index (χ1v) is 0. The molecule has 0 aliphatic carbocycles. The van der Waals surface area contributed by atoms with E-state index in [1.54, 1.807) is 0 Å². The topological polar surface area (TPSA) is 28.5 Å². The summed E-state index contributed by atoms with van der Waals surface area (Å²) in [5, 5.41) is 0. The van der Waals surface area contributed by atoms with Crippen molar-refractivity contribution >= 4 is 55.1 Å². The summed E-state index contributed by atoms with van der Waals surface area (Å²) in [6, 6.07) is 0. The molecule has 4 heavy (non-hydrogen) atoms. The fourth-order valence-corrected chi connectivity index (χ4v) is 0. The predicted molar refractivity (Wildman–Crippen MR) is 12.2 cm³/mol. The Hall–Kier alpha value is 2.27. The van der Waals surface area contributed by atoms with E-state index in [0.717, 1.165) is 0 Å². The van der Waals surface area contributed by atoms with Crippen LogP contribution in [0.1, 0.15) is 0 Å². The molecular weight excluding hydrogens is 138 g/mol. The Morgan fingerprint density at radius 2 is 1.00 bits per heavy atom. The Labute approximate surface area is 76.4 Å². The summed E-state index contributed by atoms with van der Waals surface area (Å²) in [5.41, 5.74) is 0. The van der Waals surface area contributed by atoms with Crippen LogP contribution in [0.4, 0.5) is 0 Å². The Bertz CT molecular complexity index is 8.00. The van der Waals surface area contributed by atoms with Gasteiger partial charge >= 0.3 is 72.2 Å². The van der Waals surface area contributed by atoms with Crippen molar-refractivity contribution in [2.45, 2.75) is 0 Å². The van der Waals surface area contributed by atoms with Crippen LogP contribution >= 0.6 is 0 Å². The first-order chi connectivity index (χ1) is 0. The Balaban J connectivity index is 0. The van der Waals surface area contributed by atoms with Gasteiger partial charge in [0.05, 0.1) is 0 Å². The van der Waals surface area contributed by atoms with Crippen molar-refractivity contribution in [3.63, 3.8) is 0 Å².